The number of hydrogen-bond acceptors (Lipinski definition) is 7. The lowest BCUT2D eigenvalue weighted by Crippen LogP contribution is -2.24. The second-order valence-corrected chi connectivity index (χ2v) is 9.26. The highest BCUT2D eigenvalue weighted by Gasteiger charge is 2.20. The Balaban J connectivity index is 1.37. The number of halogens is 1. The molecule has 8 nitrogen and oxygen atoms in total. The predicted molar refractivity (Wildman–Crippen MR) is 144 cm³/mol. The van der Waals surface area contributed by atoms with Gasteiger partial charge in [-0.3, -0.25) is 19.2 Å². The van der Waals surface area contributed by atoms with Crippen LogP contribution in [0, 0.1) is 0 Å². The lowest BCUT2D eigenvalue weighted by Gasteiger charge is -2.12. The van der Waals surface area contributed by atoms with Gasteiger partial charge in [-0.15, -0.1) is 0 Å². The molecule has 0 aromatic heterocycles. The molecule has 0 radical (unpaired) electrons. The number of rotatable bonds is 12. The van der Waals surface area contributed by atoms with Crippen LogP contribution in [0.2, 0.25) is 0 Å². The standard InChI is InChI=1S/C29H26BrNO7/c1-19(28(35)21-6-3-2-4-7-21)38-29(36)22-12-16-24(17-13-22)31-26(33)8-5-9-27(34)37-18-25(32)20-10-14-23(30)15-11-20/h2-4,6-7,10-17,19H,5,8-9,18H2,1H3,(H,31,33)/t19-/m0/s1. The molecule has 3 aromatic carbocycles. The van der Waals surface area contributed by atoms with Crippen LogP contribution in [0.1, 0.15) is 57.3 Å². The molecule has 0 spiro atoms. The SMILES string of the molecule is C[C@H](OC(=O)c1ccc(NC(=O)CCCC(=O)OCC(=O)c2ccc(Br)cc2)cc1)C(=O)c1ccccc1. The van der Waals surface area contributed by atoms with E-state index in [2.05, 4.69) is 21.2 Å². The van der Waals surface area contributed by atoms with E-state index in [4.69, 9.17) is 9.47 Å². The molecule has 9 heteroatoms. The van der Waals surface area contributed by atoms with Gasteiger partial charge in [0, 0.05) is 34.1 Å². The molecule has 3 aromatic rings. The number of anilines is 1. The fraction of sp³-hybridized carbons (Fsp3) is 0.207. The monoisotopic (exact) mass is 579 g/mol. The highest BCUT2D eigenvalue weighted by atomic mass is 79.9. The van der Waals surface area contributed by atoms with Gasteiger partial charge >= 0.3 is 11.9 Å². The molecule has 0 unspecified atom stereocenters. The van der Waals surface area contributed by atoms with Crippen molar-refractivity contribution in [1.29, 1.82) is 0 Å². The minimum absolute atomic E-state index is 0.00823. The second kappa shape index (κ2) is 14.0. The fourth-order valence-electron chi connectivity index (χ4n) is 3.36. The number of hydrogen-bond donors (Lipinski definition) is 1. The van der Waals surface area contributed by atoms with E-state index in [1.807, 2.05) is 0 Å². The third kappa shape index (κ3) is 8.77. The molecule has 0 bridgehead atoms. The van der Waals surface area contributed by atoms with Crippen molar-refractivity contribution >= 4 is 51.0 Å². The molecular weight excluding hydrogens is 554 g/mol. The number of amides is 1. The topological polar surface area (TPSA) is 116 Å². The van der Waals surface area contributed by atoms with E-state index in [-0.39, 0.29) is 48.9 Å². The molecule has 0 fully saturated rings. The third-order valence-electron chi connectivity index (χ3n) is 5.43. The van der Waals surface area contributed by atoms with Gasteiger partial charge in [0.1, 0.15) is 0 Å². The third-order valence-corrected chi connectivity index (χ3v) is 5.96. The van der Waals surface area contributed by atoms with Crippen LogP contribution < -0.4 is 5.32 Å². The molecule has 1 amide bonds. The smallest absolute Gasteiger partial charge is 0.338 e. The zero-order valence-corrected chi connectivity index (χ0v) is 22.2. The van der Waals surface area contributed by atoms with Crippen molar-refractivity contribution in [1.82, 2.24) is 0 Å². The predicted octanol–water partition coefficient (Wildman–Crippen LogP) is 5.41. The summed E-state index contributed by atoms with van der Waals surface area (Å²) in [5.41, 5.74) is 1.59. The van der Waals surface area contributed by atoms with Crippen LogP contribution in [0.15, 0.2) is 83.3 Å². The Morgan fingerprint density at radius 1 is 0.789 bits per heavy atom. The van der Waals surface area contributed by atoms with Gasteiger partial charge in [0.2, 0.25) is 11.7 Å². The van der Waals surface area contributed by atoms with Crippen LogP contribution in [0.3, 0.4) is 0 Å². The van der Waals surface area contributed by atoms with E-state index >= 15 is 0 Å². The Kier molecular flexibility index (Phi) is 10.5. The maximum atomic E-state index is 12.4. The van der Waals surface area contributed by atoms with E-state index in [9.17, 15) is 24.0 Å². The summed E-state index contributed by atoms with van der Waals surface area (Å²) in [6.07, 6.45) is -0.644. The Morgan fingerprint density at radius 3 is 2.08 bits per heavy atom. The van der Waals surface area contributed by atoms with Crippen molar-refractivity contribution in [3.63, 3.8) is 0 Å². The summed E-state index contributed by atoms with van der Waals surface area (Å²) >= 11 is 3.29. The van der Waals surface area contributed by atoms with E-state index in [0.29, 0.717) is 16.8 Å². The van der Waals surface area contributed by atoms with Gasteiger partial charge in [0.05, 0.1) is 5.56 Å². The number of benzene rings is 3. The summed E-state index contributed by atoms with van der Waals surface area (Å²) in [5, 5.41) is 2.68. The first-order valence-corrected chi connectivity index (χ1v) is 12.7. The summed E-state index contributed by atoms with van der Waals surface area (Å²) in [6.45, 7) is 1.15. The van der Waals surface area contributed by atoms with Crippen molar-refractivity contribution in [3.8, 4) is 0 Å². The first kappa shape index (κ1) is 28.5. The molecular formula is C29H26BrNO7. The molecule has 3 rings (SSSR count). The number of ketones is 2. The van der Waals surface area contributed by atoms with Gasteiger partial charge in [0.15, 0.2) is 18.5 Å². The normalized spacial score (nSPS) is 11.2. The second-order valence-electron chi connectivity index (χ2n) is 8.35. The maximum Gasteiger partial charge on any atom is 0.338 e. The van der Waals surface area contributed by atoms with E-state index in [1.165, 1.54) is 19.1 Å². The van der Waals surface area contributed by atoms with Crippen LogP contribution in [0.25, 0.3) is 0 Å². The zero-order valence-electron chi connectivity index (χ0n) is 20.6. The van der Waals surface area contributed by atoms with Gasteiger partial charge in [-0.25, -0.2) is 4.79 Å². The Labute approximate surface area is 228 Å². The molecule has 0 heterocycles. The van der Waals surface area contributed by atoms with Crippen LogP contribution >= 0.6 is 15.9 Å². The van der Waals surface area contributed by atoms with Crippen LogP contribution in [-0.2, 0) is 19.1 Å². The van der Waals surface area contributed by atoms with Crippen LogP contribution in [0.5, 0.6) is 0 Å². The van der Waals surface area contributed by atoms with Crippen LogP contribution in [0.4, 0.5) is 5.69 Å². The highest BCUT2D eigenvalue weighted by Crippen LogP contribution is 2.14. The lowest BCUT2D eigenvalue weighted by molar-refractivity contribution is -0.142. The van der Waals surface area contributed by atoms with Gasteiger partial charge in [0.25, 0.3) is 0 Å². The first-order chi connectivity index (χ1) is 18.2. The Bertz CT molecular complexity index is 1290. The summed E-state index contributed by atoms with van der Waals surface area (Å²) in [4.78, 5) is 60.9. The number of Topliss-reactive ketones (excluding diaryl/α,β-unsaturated/α-hetero) is 2. The average molecular weight is 580 g/mol. The highest BCUT2D eigenvalue weighted by molar-refractivity contribution is 9.10. The summed E-state index contributed by atoms with van der Waals surface area (Å²) < 4.78 is 11.1. The van der Waals surface area contributed by atoms with Crippen LogP contribution in [-0.4, -0.2) is 42.1 Å². The van der Waals surface area contributed by atoms with Crippen molar-refractivity contribution in [3.05, 3.63) is 100 Å². The van der Waals surface area contributed by atoms with Crippen molar-refractivity contribution < 1.29 is 33.4 Å². The van der Waals surface area contributed by atoms with E-state index in [1.54, 1.807) is 66.7 Å². The Morgan fingerprint density at radius 2 is 1.42 bits per heavy atom. The van der Waals surface area contributed by atoms with Gasteiger partial charge in [-0.05, 0) is 49.7 Å². The summed E-state index contributed by atoms with van der Waals surface area (Å²) in [7, 11) is 0. The van der Waals surface area contributed by atoms with Gasteiger partial charge < -0.3 is 14.8 Å². The maximum absolute atomic E-state index is 12.4. The minimum atomic E-state index is -0.949. The van der Waals surface area contributed by atoms with E-state index < -0.39 is 18.0 Å². The quantitative estimate of drug-likeness (QED) is 0.225. The number of esters is 2. The Hall–Kier alpha value is -4.11. The summed E-state index contributed by atoms with van der Waals surface area (Å²) in [5.74, 6) is -2.15. The molecule has 0 aliphatic rings. The summed E-state index contributed by atoms with van der Waals surface area (Å²) in [6, 6.07) is 21.3. The molecule has 1 N–H and O–H groups in total. The number of carbonyl (C=O) groups is 5. The van der Waals surface area contributed by atoms with Crippen molar-refractivity contribution in [2.75, 3.05) is 11.9 Å². The first-order valence-electron chi connectivity index (χ1n) is 11.9. The number of carbonyl (C=O) groups excluding carboxylic acids is 5. The van der Waals surface area contributed by atoms with Crippen molar-refractivity contribution in [2.24, 2.45) is 0 Å². The van der Waals surface area contributed by atoms with Crippen molar-refractivity contribution in [2.45, 2.75) is 32.3 Å². The molecule has 1 atom stereocenters. The number of ether oxygens (including phenoxy) is 2. The molecule has 0 aliphatic carbocycles. The molecule has 0 saturated heterocycles. The van der Waals surface area contributed by atoms with Gasteiger partial charge in [-0.2, -0.15) is 0 Å². The minimum Gasteiger partial charge on any atom is -0.457 e. The largest absolute Gasteiger partial charge is 0.457 e. The molecule has 0 saturated carbocycles. The average Bonchev–Trinajstić information content (AvgIpc) is 2.92. The van der Waals surface area contributed by atoms with E-state index in [0.717, 1.165) is 4.47 Å². The molecule has 0 aliphatic heterocycles. The fourth-order valence-corrected chi connectivity index (χ4v) is 3.63. The zero-order chi connectivity index (χ0) is 27.5. The van der Waals surface area contributed by atoms with Gasteiger partial charge in [-0.1, -0.05) is 58.4 Å². The lowest BCUT2D eigenvalue weighted by atomic mass is 10.1. The molecule has 196 valence electrons. The number of nitrogens with one attached hydrogen (secondary N) is 1. The molecule has 38 heavy (non-hydrogen) atoms.